The number of nitrogens with zero attached hydrogens (tertiary/aromatic N) is 3. The molecule has 1 N–H and O–H groups in total. The molecule has 0 unspecified atom stereocenters. The van der Waals surface area contributed by atoms with Crippen molar-refractivity contribution in [2.45, 2.75) is 20.6 Å². The standard InChI is InChI=1S/C18H17ClFN3O4/c1-4-27-8-23-7-9(2)12-14(18(24)25)21-16(22-17(12)23)10-5-6-11(19)15(26-3)13(10)20/h5-7H,4,8H2,1-3H3,(H,24,25). The van der Waals surface area contributed by atoms with Crippen molar-refractivity contribution >= 4 is 28.6 Å². The third-order valence-corrected chi connectivity index (χ3v) is 4.33. The Balaban J connectivity index is 2.30. The lowest BCUT2D eigenvalue weighted by Gasteiger charge is -2.10. The highest BCUT2D eigenvalue weighted by molar-refractivity contribution is 6.32. The molecule has 0 aliphatic heterocycles. The number of hydrogen-bond donors (Lipinski definition) is 1. The first-order valence-corrected chi connectivity index (χ1v) is 8.47. The molecule has 0 amide bonds. The van der Waals surface area contributed by atoms with E-state index < -0.39 is 11.8 Å². The molecule has 3 aromatic rings. The summed E-state index contributed by atoms with van der Waals surface area (Å²) in [6, 6.07) is 2.83. The van der Waals surface area contributed by atoms with Gasteiger partial charge >= 0.3 is 5.97 Å². The lowest BCUT2D eigenvalue weighted by Crippen LogP contribution is -2.08. The molecule has 0 spiro atoms. The number of carboxylic acid groups (broad SMARTS) is 1. The summed E-state index contributed by atoms with van der Waals surface area (Å²) in [5.74, 6) is -2.23. The fourth-order valence-corrected chi connectivity index (χ4v) is 3.06. The van der Waals surface area contributed by atoms with Crippen molar-refractivity contribution in [1.29, 1.82) is 0 Å². The first kappa shape index (κ1) is 19.1. The van der Waals surface area contributed by atoms with E-state index in [4.69, 9.17) is 21.1 Å². The van der Waals surface area contributed by atoms with Gasteiger partial charge in [-0.3, -0.25) is 0 Å². The Labute approximate surface area is 159 Å². The van der Waals surface area contributed by atoms with E-state index in [9.17, 15) is 14.3 Å². The second-order valence-electron chi connectivity index (χ2n) is 5.75. The van der Waals surface area contributed by atoms with Gasteiger partial charge in [-0.05, 0) is 31.5 Å². The number of rotatable bonds is 6. The van der Waals surface area contributed by atoms with Crippen molar-refractivity contribution in [2.75, 3.05) is 13.7 Å². The van der Waals surface area contributed by atoms with Gasteiger partial charge in [-0.25, -0.2) is 19.2 Å². The van der Waals surface area contributed by atoms with E-state index >= 15 is 0 Å². The predicted octanol–water partition coefficient (Wildman–Crippen LogP) is 3.90. The quantitative estimate of drug-likeness (QED) is 0.683. The van der Waals surface area contributed by atoms with Gasteiger partial charge in [-0.2, -0.15) is 0 Å². The summed E-state index contributed by atoms with van der Waals surface area (Å²) in [6.07, 6.45) is 1.73. The molecule has 3 rings (SSSR count). The van der Waals surface area contributed by atoms with Crippen molar-refractivity contribution in [2.24, 2.45) is 0 Å². The highest BCUT2D eigenvalue weighted by atomic mass is 35.5. The van der Waals surface area contributed by atoms with Crippen molar-refractivity contribution in [3.8, 4) is 17.1 Å². The SMILES string of the molecule is CCOCn1cc(C)c2c(C(=O)O)nc(-c3ccc(Cl)c(OC)c3F)nc21. The second-order valence-corrected chi connectivity index (χ2v) is 6.15. The summed E-state index contributed by atoms with van der Waals surface area (Å²) in [5, 5.41) is 10.1. The number of halogens is 2. The molecule has 27 heavy (non-hydrogen) atoms. The Morgan fingerprint density at radius 1 is 1.37 bits per heavy atom. The summed E-state index contributed by atoms with van der Waals surface area (Å²) >= 11 is 5.93. The molecular formula is C18H17ClFN3O4. The average Bonchev–Trinajstić information content (AvgIpc) is 2.95. The van der Waals surface area contributed by atoms with Crippen LogP contribution in [-0.4, -0.2) is 39.3 Å². The fraction of sp³-hybridized carbons (Fsp3) is 0.278. The Kier molecular flexibility index (Phi) is 5.29. The number of carboxylic acids is 1. The van der Waals surface area contributed by atoms with Gasteiger partial charge in [-0.1, -0.05) is 11.6 Å². The summed E-state index contributed by atoms with van der Waals surface area (Å²) < 4.78 is 26.8. The molecule has 0 atom stereocenters. The van der Waals surface area contributed by atoms with Gasteiger partial charge in [0.15, 0.2) is 23.1 Å². The molecule has 0 radical (unpaired) electrons. The number of aryl methyl sites for hydroxylation is 1. The first-order chi connectivity index (χ1) is 12.9. The van der Waals surface area contributed by atoms with Gasteiger partial charge in [0.2, 0.25) is 0 Å². The number of benzene rings is 1. The van der Waals surface area contributed by atoms with Crippen molar-refractivity contribution in [3.63, 3.8) is 0 Å². The molecule has 0 aliphatic carbocycles. The van der Waals surface area contributed by atoms with Gasteiger partial charge in [-0.15, -0.1) is 0 Å². The third-order valence-electron chi connectivity index (χ3n) is 4.04. The summed E-state index contributed by atoms with van der Waals surface area (Å²) in [7, 11) is 1.29. The predicted molar refractivity (Wildman–Crippen MR) is 97.8 cm³/mol. The van der Waals surface area contributed by atoms with Crippen LogP contribution >= 0.6 is 11.6 Å². The monoisotopic (exact) mass is 393 g/mol. The van der Waals surface area contributed by atoms with Gasteiger partial charge in [0.05, 0.1) is 23.1 Å². The normalized spacial score (nSPS) is 11.1. The first-order valence-electron chi connectivity index (χ1n) is 8.09. The maximum absolute atomic E-state index is 14.8. The summed E-state index contributed by atoms with van der Waals surface area (Å²) in [5.41, 5.74) is 0.804. The van der Waals surface area contributed by atoms with E-state index in [0.29, 0.717) is 23.2 Å². The minimum absolute atomic E-state index is 0.0116. The van der Waals surface area contributed by atoms with Crippen LogP contribution < -0.4 is 4.74 Å². The van der Waals surface area contributed by atoms with Crippen LogP contribution in [0.5, 0.6) is 5.75 Å². The lowest BCUT2D eigenvalue weighted by atomic mass is 10.1. The minimum Gasteiger partial charge on any atom is -0.492 e. The smallest absolute Gasteiger partial charge is 0.355 e. The molecular weight excluding hydrogens is 377 g/mol. The molecule has 0 saturated carbocycles. The Hall–Kier alpha value is -2.71. The summed E-state index contributed by atoms with van der Waals surface area (Å²) in [4.78, 5) is 20.3. The molecule has 1 aromatic carbocycles. The van der Waals surface area contributed by atoms with Crippen LogP contribution in [0.3, 0.4) is 0 Å². The molecule has 7 nitrogen and oxygen atoms in total. The molecule has 2 aromatic heterocycles. The van der Waals surface area contributed by atoms with Gasteiger partial charge in [0, 0.05) is 12.8 Å². The van der Waals surface area contributed by atoms with Crippen molar-refractivity contribution in [3.05, 3.63) is 40.4 Å². The van der Waals surface area contributed by atoms with Crippen LogP contribution in [0.2, 0.25) is 5.02 Å². The largest absolute Gasteiger partial charge is 0.492 e. The van der Waals surface area contributed by atoms with Gasteiger partial charge < -0.3 is 19.1 Å². The van der Waals surface area contributed by atoms with Crippen LogP contribution in [0, 0.1) is 12.7 Å². The maximum atomic E-state index is 14.8. The third kappa shape index (κ3) is 3.33. The van der Waals surface area contributed by atoms with E-state index in [1.807, 2.05) is 6.92 Å². The summed E-state index contributed by atoms with van der Waals surface area (Å²) in [6.45, 7) is 4.26. The van der Waals surface area contributed by atoms with E-state index in [1.54, 1.807) is 17.7 Å². The highest BCUT2D eigenvalue weighted by Crippen LogP contribution is 2.35. The van der Waals surface area contributed by atoms with Crippen LogP contribution in [-0.2, 0) is 11.5 Å². The van der Waals surface area contributed by atoms with E-state index in [-0.39, 0.29) is 34.6 Å². The number of fused-ring (bicyclic) bond motifs is 1. The number of hydrogen-bond acceptors (Lipinski definition) is 5. The van der Waals surface area contributed by atoms with Crippen molar-refractivity contribution < 1.29 is 23.8 Å². The molecule has 2 heterocycles. The molecule has 0 saturated heterocycles. The fourth-order valence-electron chi connectivity index (χ4n) is 2.83. The van der Waals surface area contributed by atoms with Crippen LogP contribution in [0.15, 0.2) is 18.3 Å². The highest BCUT2D eigenvalue weighted by Gasteiger charge is 2.23. The Morgan fingerprint density at radius 2 is 2.11 bits per heavy atom. The zero-order valence-corrected chi connectivity index (χ0v) is 15.7. The molecule has 0 aliphatic rings. The Morgan fingerprint density at radius 3 is 2.74 bits per heavy atom. The molecule has 0 bridgehead atoms. The van der Waals surface area contributed by atoms with Crippen LogP contribution in [0.1, 0.15) is 23.0 Å². The maximum Gasteiger partial charge on any atom is 0.355 e. The van der Waals surface area contributed by atoms with Gasteiger partial charge in [0.25, 0.3) is 0 Å². The topological polar surface area (TPSA) is 86.5 Å². The molecule has 142 valence electrons. The number of aromatic carboxylic acids is 1. The van der Waals surface area contributed by atoms with E-state index in [0.717, 1.165) is 0 Å². The van der Waals surface area contributed by atoms with Gasteiger partial charge in [0.1, 0.15) is 12.4 Å². The van der Waals surface area contributed by atoms with Crippen molar-refractivity contribution in [1.82, 2.24) is 14.5 Å². The number of ether oxygens (including phenoxy) is 2. The lowest BCUT2D eigenvalue weighted by molar-refractivity contribution is 0.0692. The van der Waals surface area contributed by atoms with Crippen LogP contribution in [0.25, 0.3) is 22.4 Å². The zero-order chi connectivity index (χ0) is 19.7. The number of methoxy groups -OCH3 is 1. The average molecular weight is 394 g/mol. The number of aromatic nitrogens is 3. The second kappa shape index (κ2) is 7.50. The zero-order valence-electron chi connectivity index (χ0n) is 14.9. The number of carbonyl (C=O) groups is 1. The van der Waals surface area contributed by atoms with E-state index in [2.05, 4.69) is 9.97 Å². The van der Waals surface area contributed by atoms with E-state index in [1.165, 1.54) is 19.2 Å². The Bertz CT molecular complexity index is 1040. The minimum atomic E-state index is -1.23. The molecule has 0 fully saturated rings. The van der Waals surface area contributed by atoms with Crippen LogP contribution in [0.4, 0.5) is 4.39 Å². The molecule has 9 heteroatoms.